The molecule has 3 aromatic rings. The Morgan fingerprint density at radius 3 is 2.55 bits per heavy atom. The molecule has 0 fully saturated rings. The van der Waals surface area contributed by atoms with Gasteiger partial charge in [-0.2, -0.15) is 0 Å². The summed E-state index contributed by atoms with van der Waals surface area (Å²) in [6.07, 6.45) is 1.47. The quantitative estimate of drug-likeness (QED) is 0.444. The van der Waals surface area contributed by atoms with Gasteiger partial charge in [-0.1, -0.05) is 36.4 Å². The number of fused-ring (bicyclic) bond motifs is 1. The Kier molecular flexibility index (Phi) is 3.94. The summed E-state index contributed by atoms with van der Waals surface area (Å²) in [7, 11) is 0. The van der Waals surface area contributed by atoms with Crippen molar-refractivity contribution in [1.82, 2.24) is 4.98 Å². The predicted molar refractivity (Wildman–Crippen MR) is 84.3 cm³/mol. The second kappa shape index (κ2) is 6.03. The molecule has 1 heterocycles. The van der Waals surface area contributed by atoms with Gasteiger partial charge in [-0.3, -0.25) is 9.59 Å². The van der Waals surface area contributed by atoms with Crippen LogP contribution < -0.4 is 4.74 Å². The first-order chi connectivity index (χ1) is 10.7. The monoisotopic (exact) mass is 313 g/mol. The van der Waals surface area contributed by atoms with Gasteiger partial charge in [0.15, 0.2) is 0 Å². The molecule has 0 aliphatic rings. The Hall–Kier alpha value is -2.59. The molecule has 0 saturated heterocycles. The number of rotatable bonds is 5. The molecule has 1 aromatic heterocycles. The SMILES string of the molecule is O=C(Cl)C(=O)c1c[nH]c2cccc(OCc3ccccc3)c12. The van der Waals surface area contributed by atoms with Crippen LogP contribution in [0.1, 0.15) is 15.9 Å². The van der Waals surface area contributed by atoms with Gasteiger partial charge in [0.25, 0.3) is 5.24 Å². The summed E-state index contributed by atoms with van der Waals surface area (Å²) in [5, 5.41) is -0.448. The maximum atomic E-state index is 11.9. The van der Waals surface area contributed by atoms with Gasteiger partial charge in [0.1, 0.15) is 12.4 Å². The number of ketones is 1. The Bertz CT molecular complexity index is 839. The summed E-state index contributed by atoms with van der Waals surface area (Å²) in [5.41, 5.74) is 1.95. The van der Waals surface area contributed by atoms with Gasteiger partial charge in [-0.25, -0.2) is 0 Å². The average Bonchev–Trinajstić information content (AvgIpc) is 2.97. The molecule has 0 bridgehead atoms. The topological polar surface area (TPSA) is 59.2 Å². The Balaban J connectivity index is 1.97. The molecule has 4 nitrogen and oxygen atoms in total. The van der Waals surface area contributed by atoms with E-state index in [1.807, 2.05) is 36.4 Å². The van der Waals surface area contributed by atoms with Crippen molar-refractivity contribution in [2.75, 3.05) is 0 Å². The van der Waals surface area contributed by atoms with Gasteiger partial charge in [0, 0.05) is 11.7 Å². The number of benzene rings is 2. The van der Waals surface area contributed by atoms with E-state index in [2.05, 4.69) is 4.98 Å². The van der Waals surface area contributed by atoms with Crippen molar-refractivity contribution in [1.29, 1.82) is 0 Å². The second-order valence-corrected chi connectivity index (χ2v) is 5.10. The van der Waals surface area contributed by atoms with E-state index in [0.717, 1.165) is 5.56 Å². The minimum absolute atomic E-state index is 0.221. The van der Waals surface area contributed by atoms with Crippen molar-refractivity contribution in [2.24, 2.45) is 0 Å². The highest BCUT2D eigenvalue weighted by molar-refractivity contribution is 6.83. The first-order valence-electron chi connectivity index (χ1n) is 6.68. The molecule has 0 unspecified atom stereocenters. The molecule has 1 N–H and O–H groups in total. The molecule has 0 aliphatic heterocycles. The van der Waals surface area contributed by atoms with Gasteiger partial charge >= 0.3 is 0 Å². The fourth-order valence-electron chi connectivity index (χ4n) is 2.29. The second-order valence-electron chi connectivity index (χ2n) is 4.76. The number of carbonyl (C=O) groups is 2. The average molecular weight is 314 g/mol. The van der Waals surface area contributed by atoms with Crippen molar-refractivity contribution in [3.05, 3.63) is 65.9 Å². The normalized spacial score (nSPS) is 10.6. The number of halogens is 1. The molecule has 22 heavy (non-hydrogen) atoms. The number of ether oxygens (including phenoxy) is 1. The van der Waals surface area contributed by atoms with E-state index in [-0.39, 0.29) is 5.56 Å². The van der Waals surface area contributed by atoms with Crippen LogP contribution in [0, 0.1) is 0 Å². The number of carbonyl (C=O) groups excluding carboxylic acids is 2. The van der Waals surface area contributed by atoms with E-state index in [4.69, 9.17) is 16.3 Å². The summed E-state index contributed by atoms with van der Waals surface area (Å²) in [6, 6.07) is 15.1. The van der Waals surface area contributed by atoms with Crippen LogP contribution in [-0.2, 0) is 11.4 Å². The van der Waals surface area contributed by atoms with Crippen LogP contribution in [0.5, 0.6) is 5.75 Å². The fraction of sp³-hybridized carbons (Fsp3) is 0.0588. The molecule has 0 atom stereocenters. The van der Waals surface area contributed by atoms with Gasteiger partial charge in [0.05, 0.1) is 10.9 Å². The highest BCUT2D eigenvalue weighted by Crippen LogP contribution is 2.30. The number of hydrogen-bond donors (Lipinski definition) is 1. The lowest BCUT2D eigenvalue weighted by molar-refractivity contribution is -0.108. The molecule has 0 amide bonds. The highest BCUT2D eigenvalue weighted by atomic mass is 35.5. The number of aromatic amines is 1. The third kappa shape index (κ3) is 2.73. The standard InChI is InChI=1S/C17H12ClNO3/c18-17(21)16(20)12-9-19-13-7-4-8-14(15(12)13)22-10-11-5-2-1-3-6-11/h1-9,19H,10H2. The lowest BCUT2D eigenvalue weighted by atomic mass is 10.1. The van der Waals surface area contributed by atoms with Crippen LogP contribution in [0.4, 0.5) is 0 Å². The Morgan fingerprint density at radius 2 is 1.82 bits per heavy atom. The maximum Gasteiger partial charge on any atom is 0.293 e. The van der Waals surface area contributed by atoms with Crippen LogP contribution in [0.2, 0.25) is 0 Å². The Morgan fingerprint density at radius 1 is 1.05 bits per heavy atom. The van der Waals surface area contributed by atoms with Crippen molar-refractivity contribution in [3.63, 3.8) is 0 Å². The zero-order valence-electron chi connectivity index (χ0n) is 11.5. The molecule has 0 spiro atoms. The smallest absolute Gasteiger partial charge is 0.293 e. The number of H-pyrrole nitrogens is 1. The molecular weight excluding hydrogens is 302 g/mol. The van der Waals surface area contributed by atoms with Crippen LogP contribution in [-0.4, -0.2) is 16.0 Å². The van der Waals surface area contributed by atoms with E-state index in [0.29, 0.717) is 23.3 Å². The third-order valence-electron chi connectivity index (χ3n) is 3.33. The van der Waals surface area contributed by atoms with Crippen molar-refractivity contribution >= 4 is 33.5 Å². The first-order valence-corrected chi connectivity index (χ1v) is 7.05. The van der Waals surface area contributed by atoms with E-state index in [1.54, 1.807) is 12.1 Å². The van der Waals surface area contributed by atoms with Gasteiger partial charge in [-0.05, 0) is 29.3 Å². The molecule has 0 radical (unpaired) electrons. The molecule has 0 saturated carbocycles. The lowest BCUT2D eigenvalue weighted by Crippen LogP contribution is -2.07. The lowest BCUT2D eigenvalue weighted by Gasteiger charge is -2.08. The summed E-state index contributed by atoms with van der Waals surface area (Å²) >= 11 is 5.30. The van der Waals surface area contributed by atoms with E-state index < -0.39 is 11.0 Å². The van der Waals surface area contributed by atoms with Crippen LogP contribution in [0.25, 0.3) is 10.9 Å². The summed E-state index contributed by atoms with van der Waals surface area (Å²) < 4.78 is 5.81. The molecule has 3 rings (SSSR count). The van der Waals surface area contributed by atoms with Crippen molar-refractivity contribution in [2.45, 2.75) is 6.61 Å². The van der Waals surface area contributed by atoms with Crippen molar-refractivity contribution < 1.29 is 14.3 Å². The minimum Gasteiger partial charge on any atom is -0.488 e. The third-order valence-corrected chi connectivity index (χ3v) is 3.50. The van der Waals surface area contributed by atoms with E-state index in [1.165, 1.54) is 6.20 Å². The number of hydrogen-bond acceptors (Lipinski definition) is 3. The predicted octanol–water partition coefficient (Wildman–Crippen LogP) is 3.70. The zero-order chi connectivity index (χ0) is 15.5. The molecule has 0 aliphatic carbocycles. The van der Waals surface area contributed by atoms with Crippen LogP contribution in [0.15, 0.2) is 54.7 Å². The maximum absolute atomic E-state index is 11.9. The van der Waals surface area contributed by atoms with Crippen LogP contribution in [0.3, 0.4) is 0 Å². The van der Waals surface area contributed by atoms with Gasteiger partial charge in [-0.15, -0.1) is 0 Å². The van der Waals surface area contributed by atoms with Crippen molar-refractivity contribution in [3.8, 4) is 5.75 Å². The molecular formula is C17H12ClNO3. The van der Waals surface area contributed by atoms with Crippen LogP contribution >= 0.6 is 11.6 Å². The summed E-state index contributed by atoms with van der Waals surface area (Å²) in [6.45, 7) is 0.369. The number of nitrogens with one attached hydrogen (secondary N) is 1. The van der Waals surface area contributed by atoms with Gasteiger partial charge in [0.2, 0.25) is 5.78 Å². The number of aromatic nitrogens is 1. The minimum atomic E-state index is -1.02. The Labute approximate surface area is 131 Å². The molecule has 110 valence electrons. The van der Waals surface area contributed by atoms with E-state index >= 15 is 0 Å². The fourth-order valence-corrected chi connectivity index (χ4v) is 2.39. The zero-order valence-corrected chi connectivity index (χ0v) is 12.3. The first kappa shape index (κ1) is 14.4. The largest absolute Gasteiger partial charge is 0.488 e. The molecule has 5 heteroatoms. The summed E-state index contributed by atoms with van der Waals surface area (Å²) in [4.78, 5) is 26.0. The van der Waals surface area contributed by atoms with E-state index in [9.17, 15) is 9.59 Å². The highest BCUT2D eigenvalue weighted by Gasteiger charge is 2.20. The molecule has 2 aromatic carbocycles. The summed E-state index contributed by atoms with van der Waals surface area (Å²) in [5.74, 6) is -0.215. The van der Waals surface area contributed by atoms with Gasteiger partial charge < -0.3 is 9.72 Å². The number of Topliss-reactive ketones (excluding diaryl/α,β-unsaturated/α-hetero) is 1.